The molecule has 0 unspecified atom stereocenters. The van der Waals surface area contributed by atoms with Gasteiger partial charge in [0.25, 0.3) is 5.91 Å². The Morgan fingerprint density at radius 2 is 1.90 bits per heavy atom. The summed E-state index contributed by atoms with van der Waals surface area (Å²) in [4.78, 5) is 39.6. The van der Waals surface area contributed by atoms with Crippen LogP contribution in [-0.2, 0) is 9.59 Å². The number of nitrogens with zero attached hydrogens (tertiary/aromatic N) is 1. The topological polar surface area (TPSA) is 78.5 Å². The van der Waals surface area contributed by atoms with Crippen LogP contribution in [0.2, 0.25) is 0 Å². The van der Waals surface area contributed by atoms with Crippen LogP contribution < -0.4 is 10.6 Å². The first kappa shape index (κ1) is 19.9. The van der Waals surface area contributed by atoms with E-state index in [1.165, 1.54) is 6.42 Å². The molecule has 1 heterocycles. The Morgan fingerprint density at radius 3 is 2.66 bits per heavy atom. The summed E-state index contributed by atoms with van der Waals surface area (Å²) < 4.78 is 0. The third kappa shape index (κ3) is 4.46. The highest BCUT2D eigenvalue weighted by Crippen LogP contribution is 2.36. The zero-order chi connectivity index (χ0) is 20.5. The minimum Gasteiger partial charge on any atom is -0.349 e. The van der Waals surface area contributed by atoms with Crippen molar-refractivity contribution in [1.82, 2.24) is 10.2 Å². The lowest BCUT2D eigenvalue weighted by Gasteiger charge is -2.40. The smallest absolute Gasteiger partial charge is 0.251 e. The maximum Gasteiger partial charge on any atom is 0.251 e. The molecule has 2 N–H and O–H groups in total. The molecule has 3 amide bonds. The summed E-state index contributed by atoms with van der Waals surface area (Å²) in [6.45, 7) is 4.98. The first-order chi connectivity index (χ1) is 13.9. The number of anilines is 1. The molecule has 156 valence electrons. The van der Waals surface area contributed by atoms with Crippen molar-refractivity contribution in [2.45, 2.75) is 64.5 Å². The van der Waals surface area contributed by atoms with Crippen LogP contribution in [0.1, 0.15) is 62.7 Å². The summed E-state index contributed by atoms with van der Waals surface area (Å²) in [6, 6.07) is 7.55. The van der Waals surface area contributed by atoms with E-state index in [4.69, 9.17) is 0 Å². The molecule has 0 spiro atoms. The average Bonchev–Trinajstić information content (AvgIpc) is 3.43. The lowest BCUT2D eigenvalue weighted by Crippen LogP contribution is -2.45. The lowest BCUT2D eigenvalue weighted by molar-refractivity contribution is -0.131. The summed E-state index contributed by atoms with van der Waals surface area (Å²) in [5, 5.41) is 5.87. The number of carbonyl (C=O) groups excluding carboxylic acids is 3. The molecule has 2 saturated carbocycles. The van der Waals surface area contributed by atoms with E-state index < -0.39 is 0 Å². The van der Waals surface area contributed by atoms with Crippen molar-refractivity contribution in [1.29, 1.82) is 0 Å². The highest BCUT2D eigenvalue weighted by atomic mass is 16.2. The van der Waals surface area contributed by atoms with Gasteiger partial charge in [-0.1, -0.05) is 32.8 Å². The Bertz CT molecular complexity index is 804. The number of rotatable bonds is 5. The average molecular weight is 398 g/mol. The molecule has 0 bridgehead atoms. The summed E-state index contributed by atoms with van der Waals surface area (Å²) in [7, 11) is 0. The summed E-state index contributed by atoms with van der Waals surface area (Å²) >= 11 is 0. The molecule has 4 rings (SSSR count). The Labute approximate surface area is 172 Å². The van der Waals surface area contributed by atoms with E-state index in [0.29, 0.717) is 35.7 Å². The van der Waals surface area contributed by atoms with E-state index in [-0.39, 0.29) is 36.1 Å². The third-order valence-corrected chi connectivity index (χ3v) is 6.90. The Morgan fingerprint density at radius 1 is 1.10 bits per heavy atom. The van der Waals surface area contributed by atoms with Crippen molar-refractivity contribution < 1.29 is 14.4 Å². The Balaban J connectivity index is 1.38. The molecule has 0 aromatic heterocycles. The molecule has 3 fully saturated rings. The van der Waals surface area contributed by atoms with Gasteiger partial charge in [0.05, 0.1) is 5.92 Å². The van der Waals surface area contributed by atoms with Crippen LogP contribution in [0, 0.1) is 17.8 Å². The number of benzene rings is 1. The molecule has 1 aliphatic heterocycles. The summed E-state index contributed by atoms with van der Waals surface area (Å²) in [5.74, 6) is 0.586. The van der Waals surface area contributed by atoms with Crippen LogP contribution in [0.3, 0.4) is 0 Å². The third-order valence-electron chi connectivity index (χ3n) is 6.90. The van der Waals surface area contributed by atoms with Gasteiger partial charge in [0, 0.05) is 36.3 Å². The van der Waals surface area contributed by atoms with Gasteiger partial charge in [-0.3, -0.25) is 14.4 Å². The SMILES string of the molecule is C[C@H]1[C@H](C)CCC[C@@H]1N1C[C@H](C(=O)Nc2cccc(C(=O)NC3CC3)c2)CC1=O. The van der Waals surface area contributed by atoms with E-state index in [9.17, 15) is 14.4 Å². The first-order valence-corrected chi connectivity index (χ1v) is 10.9. The predicted molar refractivity (Wildman–Crippen MR) is 111 cm³/mol. The maximum absolute atomic E-state index is 12.8. The van der Waals surface area contributed by atoms with Crippen molar-refractivity contribution in [3.8, 4) is 0 Å². The number of amides is 3. The molecule has 4 atom stereocenters. The first-order valence-electron chi connectivity index (χ1n) is 10.9. The molecular weight excluding hydrogens is 366 g/mol. The van der Waals surface area contributed by atoms with Crippen LogP contribution in [0.15, 0.2) is 24.3 Å². The second-order valence-corrected chi connectivity index (χ2v) is 9.10. The number of hydrogen-bond acceptors (Lipinski definition) is 3. The molecule has 0 radical (unpaired) electrons. The Hall–Kier alpha value is -2.37. The fourth-order valence-corrected chi connectivity index (χ4v) is 4.70. The Kier molecular flexibility index (Phi) is 5.61. The fourth-order valence-electron chi connectivity index (χ4n) is 4.70. The molecule has 3 aliphatic rings. The van der Waals surface area contributed by atoms with Gasteiger partial charge in [0.1, 0.15) is 0 Å². The second kappa shape index (κ2) is 8.17. The minimum atomic E-state index is -0.337. The normalized spacial score (nSPS) is 29.6. The zero-order valence-corrected chi connectivity index (χ0v) is 17.3. The molecule has 1 saturated heterocycles. The number of carbonyl (C=O) groups is 3. The van der Waals surface area contributed by atoms with E-state index in [0.717, 1.165) is 25.7 Å². The van der Waals surface area contributed by atoms with Crippen molar-refractivity contribution in [3.63, 3.8) is 0 Å². The van der Waals surface area contributed by atoms with E-state index >= 15 is 0 Å². The van der Waals surface area contributed by atoms with Gasteiger partial charge in [-0.05, 0) is 49.3 Å². The molecular formula is C23H31N3O3. The van der Waals surface area contributed by atoms with Gasteiger partial charge in [-0.2, -0.15) is 0 Å². The molecule has 6 heteroatoms. The van der Waals surface area contributed by atoms with Crippen molar-refractivity contribution in [2.24, 2.45) is 17.8 Å². The number of nitrogens with one attached hydrogen (secondary N) is 2. The minimum absolute atomic E-state index is 0.0914. The summed E-state index contributed by atoms with van der Waals surface area (Å²) in [5.41, 5.74) is 1.15. The van der Waals surface area contributed by atoms with Crippen LogP contribution >= 0.6 is 0 Å². The van der Waals surface area contributed by atoms with Crippen LogP contribution in [-0.4, -0.2) is 41.2 Å². The lowest BCUT2D eigenvalue weighted by atomic mass is 9.77. The van der Waals surface area contributed by atoms with Gasteiger partial charge in [-0.25, -0.2) is 0 Å². The van der Waals surface area contributed by atoms with Gasteiger partial charge in [0.2, 0.25) is 11.8 Å². The highest BCUT2D eigenvalue weighted by molar-refractivity contribution is 5.99. The monoisotopic (exact) mass is 397 g/mol. The van der Waals surface area contributed by atoms with E-state index in [2.05, 4.69) is 24.5 Å². The standard InChI is InChI=1S/C23H31N3O3/c1-14-5-3-8-20(15(14)2)26-13-17(12-21(26)27)23(29)25-19-7-4-6-16(11-19)22(28)24-18-9-10-18/h4,6-7,11,14-15,17-18,20H,3,5,8-10,12-13H2,1-2H3,(H,24,28)(H,25,29)/t14-,15+,17-,20+/m1/s1. The second-order valence-electron chi connectivity index (χ2n) is 9.10. The van der Waals surface area contributed by atoms with E-state index in [1.54, 1.807) is 24.3 Å². The molecule has 1 aromatic carbocycles. The van der Waals surface area contributed by atoms with Crippen LogP contribution in [0.25, 0.3) is 0 Å². The van der Waals surface area contributed by atoms with Gasteiger partial charge in [0.15, 0.2) is 0 Å². The zero-order valence-electron chi connectivity index (χ0n) is 17.3. The number of hydrogen-bond donors (Lipinski definition) is 2. The molecule has 6 nitrogen and oxygen atoms in total. The fraction of sp³-hybridized carbons (Fsp3) is 0.609. The molecule has 2 aliphatic carbocycles. The molecule has 1 aromatic rings. The maximum atomic E-state index is 12.8. The van der Waals surface area contributed by atoms with Gasteiger partial charge < -0.3 is 15.5 Å². The van der Waals surface area contributed by atoms with Gasteiger partial charge >= 0.3 is 0 Å². The van der Waals surface area contributed by atoms with Crippen molar-refractivity contribution in [3.05, 3.63) is 29.8 Å². The van der Waals surface area contributed by atoms with Gasteiger partial charge in [-0.15, -0.1) is 0 Å². The van der Waals surface area contributed by atoms with E-state index in [1.807, 2.05) is 4.90 Å². The molecule has 29 heavy (non-hydrogen) atoms. The van der Waals surface area contributed by atoms with Crippen LogP contribution in [0.4, 0.5) is 5.69 Å². The number of likely N-dealkylation sites (tertiary alicyclic amines) is 1. The highest BCUT2D eigenvalue weighted by Gasteiger charge is 2.41. The largest absolute Gasteiger partial charge is 0.349 e. The van der Waals surface area contributed by atoms with Crippen LogP contribution in [0.5, 0.6) is 0 Å². The predicted octanol–water partition coefficient (Wildman–Crippen LogP) is 3.19. The van der Waals surface area contributed by atoms with Crippen molar-refractivity contribution >= 4 is 23.4 Å². The van der Waals surface area contributed by atoms with Crippen molar-refractivity contribution in [2.75, 3.05) is 11.9 Å². The quantitative estimate of drug-likeness (QED) is 0.801. The summed E-state index contributed by atoms with van der Waals surface area (Å²) in [6.07, 6.45) is 5.73.